The Morgan fingerprint density at radius 1 is 1.35 bits per heavy atom. The molecule has 1 heterocycles. The van der Waals surface area contributed by atoms with Crippen molar-refractivity contribution in [3.63, 3.8) is 0 Å². The molecule has 1 N–H and O–H groups in total. The van der Waals surface area contributed by atoms with Gasteiger partial charge in [-0.25, -0.2) is 9.67 Å². The standard InChI is InChI=1S/C15H18N4S/c1-3-12(2)17-15(20)18-13-9-10-19(16-11-13)14-7-5-4-6-8-14/h4-12H,3H2,1-2H3,(H,17,20)/b18-13-. The van der Waals surface area contributed by atoms with Crippen molar-refractivity contribution in [2.75, 3.05) is 0 Å². The molecule has 0 bridgehead atoms. The molecule has 0 saturated heterocycles. The number of aromatic nitrogens is 2. The molecule has 1 unspecified atom stereocenters. The number of rotatable bonds is 3. The van der Waals surface area contributed by atoms with Gasteiger partial charge in [-0.3, -0.25) is 0 Å². The molecule has 0 aliphatic carbocycles. The first-order valence-corrected chi connectivity index (χ1v) is 7.05. The van der Waals surface area contributed by atoms with Crippen molar-refractivity contribution in [2.45, 2.75) is 26.3 Å². The summed E-state index contributed by atoms with van der Waals surface area (Å²) in [5.41, 5.74) is 1.01. The predicted molar refractivity (Wildman–Crippen MR) is 84.6 cm³/mol. The molecule has 1 atom stereocenters. The Balaban J connectivity index is 2.14. The van der Waals surface area contributed by atoms with Gasteiger partial charge in [0, 0.05) is 12.2 Å². The Kier molecular flexibility index (Phi) is 5.01. The molecule has 0 spiro atoms. The molecule has 0 aliphatic heterocycles. The molecule has 0 fully saturated rings. The maximum absolute atomic E-state index is 5.19. The van der Waals surface area contributed by atoms with E-state index in [1.54, 1.807) is 10.9 Å². The largest absolute Gasteiger partial charge is 0.358 e. The van der Waals surface area contributed by atoms with Crippen molar-refractivity contribution < 1.29 is 0 Å². The second kappa shape index (κ2) is 6.96. The van der Waals surface area contributed by atoms with Crippen LogP contribution in [0.4, 0.5) is 0 Å². The van der Waals surface area contributed by atoms with Crippen LogP contribution in [0.1, 0.15) is 20.3 Å². The molecule has 1 aromatic carbocycles. The first kappa shape index (κ1) is 14.4. The third kappa shape index (κ3) is 3.99. The molecule has 0 amide bonds. The van der Waals surface area contributed by atoms with E-state index in [1.807, 2.05) is 42.6 Å². The third-order valence-corrected chi connectivity index (χ3v) is 3.14. The Labute approximate surface area is 124 Å². The highest BCUT2D eigenvalue weighted by molar-refractivity contribution is 7.80. The van der Waals surface area contributed by atoms with Crippen molar-refractivity contribution in [2.24, 2.45) is 4.99 Å². The second-order valence-corrected chi connectivity index (χ2v) is 4.92. The number of nitrogens with zero attached hydrogens (tertiary/aromatic N) is 3. The highest BCUT2D eigenvalue weighted by Crippen LogP contribution is 2.02. The summed E-state index contributed by atoms with van der Waals surface area (Å²) in [5.74, 6) is 0. The molecule has 1 aromatic heterocycles. The Hall–Kier alpha value is -2.01. The highest BCUT2D eigenvalue weighted by atomic mass is 32.1. The lowest BCUT2D eigenvalue weighted by Crippen LogP contribution is -2.30. The molecule has 2 aromatic rings. The van der Waals surface area contributed by atoms with Gasteiger partial charge in [-0.2, -0.15) is 5.10 Å². The quantitative estimate of drug-likeness (QED) is 0.881. The average molecular weight is 286 g/mol. The lowest BCUT2D eigenvalue weighted by Gasteiger charge is -2.10. The van der Waals surface area contributed by atoms with Crippen LogP contribution in [0.15, 0.2) is 53.8 Å². The zero-order valence-corrected chi connectivity index (χ0v) is 12.5. The summed E-state index contributed by atoms with van der Waals surface area (Å²) in [7, 11) is 0. The van der Waals surface area contributed by atoms with E-state index in [-0.39, 0.29) is 0 Å². The van der Waals surface area contributed by atoms with Crippen molar-refractivity contribution in [1.29, 1.82) is 0 Å². The Morgan fingerprint density at radius 2 is 2.10 bits per heavy atom. The summed E-state index contributed by atoms with van der Waals surface area (Å²) in [5, 5.41) is 8.74. The van der Waals surface area contributed by atoms with Gasteiger partial charge in [0.2, 0.25) is 0 Å². The molecule has 0 aliphatic rings. The number of benzene rings is 1. The van der Waals surface area contributed by atoms with E-state index < -0.39 is 0 Å². The summed E-state index contributed by atoms with van der Waals surface area (Å²) in [6.45, 7) is 4.18. The van der Waals surface area contributed by atoms with Crippen molar-refractivity contribution in [1.82, 2.24) is 15.1 Å². The molecular formula is C15H18N4S. The SMILES string of the molecule is CCC(C)NC(=S)/N=c1/ccn(-c2ccccc2)nc1. The Bertz CT molecular complexity index is 613. The van der Waals surface area contributed by atoms with Gasteiger partial charge in [-0.15, -0.1) is 0 Å². The first-order valence-electron chi connectivity index (χ1n) is 6.64. The highest BCUT2D eigenvalue weighted by Gasteiger charge is 1.99. The van der Waals surface area contributed by atoms with Crippen LogP contribution >= 0.6 is 12.2 Å². The fourth-order valence-corrected chi connectivity index (χ4v) is 1.92. The van der Waals surface area contributed by atoms with Crippen LogP contribution in [-0.4, -0.2) is 20.9 Å². The van der Waals surface area contributed by atoms with Gasteiger partial charge in [0.1, 0.15) is 0 Å². The van der Waals surface area contributed by atoms with Gasteiger partial charge in [0.15, 0.2) is 5.11 Å². The van der Waals surface area contributed by atoms with Gasteiger partial charge in [0.25, 0.3) is 0 Å². The fourth-order valence-electron chi connectivity index (χ4n) is 1.61. The first-order chi connectivity index (χ1) is 9.69. The van der Waals surface area contributed by atoms with E-state index in [4.69, 9.17) is 12.2 Å². The van der Waals surface area contributed by atoms with Crippen LogP contribution < -0.4 is 10.7 Å². The summed E-state index contributed by atoms with van der Waals surface area (Å²) in [4.78, 5) is 4.33. The van der Waals surface area contributed by atoms with E-state index in [0.717, 1.165) is 17.5 Å². The van der Waals surface area contributed by atoms with E-state index in [0.29, 0.717) is 11.2 Å². The second-order valence-electron chi connectivity index (χ2n) is 4.54. The normalized spacial score (nSPS) is 13.0. The summed E-state index contributed by atoms with van der Waals surface area (Å²) < 4.78 is 1.80. The fraction of sp³-hybridized carbons (Fsp3) is 0.267. The number of para-hydroxylation sites is 1. The monoisotopic (exact) mass is 286 g/mol. The zero-order chi connectivity index (χ0) is 14.4. The van der Waals surface area contributed by atoms with E-state index in [9.17, 15) is 0 Å². The van der Waals surface area contributed by atoms with E-state index in [2.05, 4.69) is 29.3 Å². The van der Waals surface area contributed by atoms with Gasteiger partial charge in [-0.1, -0.05) is 25.1 Å². The van der Waals surface area contributed by atoms with Crippen LogP contribution in [0, 0.1) is 0 Å². The summed E-state index contributed by atoms with van der Waals surface area (Å²) in [6.07, 6.45) is 4.59. The van der Waals surface area contributed by atoms with Gasteiger partial charge >= 0.3 is 0 Å². The molecule has 2 rings (SSSR count). The summed E-state index contributed by atoms with van der Waals surface area (Å²) in [6, 6.07) is 12.2. The third-order valence-electron chi connectivity index (χ3n) is 2.93. The van der Waals surface area contributed by atoms with Crippen LogP contribution in [0.25, 0.3) is 5.69 Å². The van der Waals surface area contributed by atoms with Crippen molar-refractivity contribution >= 4 is 17.3 Å². The predicted octanol–water partition coefficient (Wildman–Crippen LogP) is 2.45. The minimum Gasteiger partial charge on any atom is -0.358 e. The molecule has 4 nitrogen and oxygen atoms in total. The van der Waals surface area contributed by atoms with Crippen molar-refractivity contribution in [3.8, 4) is 5.69 Å². The number of hydrogen-bond acceptors (Lipinski definition) is 2. The lowest BCUT2D eigenvalue weighted by atomic mass is 10.3. The molecule has 5 heteroatoms. The van der Waals surface area contributed by atoms with Gasteiger partial charge < -0.3 is 5.32 Å². The van der Waals surface area contributed by atoms with Gasteiger partial charge in [0.05, 0.1) is 17.2 Å². The van der Waals surface area contributed by atoms with Crippen LogP contribution in [-0.2, 0) is 0 Å². The van der Waals surface area contributed by atoms with Crippen LogP contribution in [0.2, 0.25) is 0 Å². The van der Waals surface area contributed by atoms with E-state index in [1.165, 1.54) is 0 Å². The Morgan fingerprint density at radius 3 is 2.70 bits per heavy atom. The molecule has 104 valence electrons. The van der Waals surface area contributed by atoms with Crippen molar-refractivity contribution in [3.05, 3.63) is 54.1 Å². The topological polar surface area (TPSA) is 42.2 Å². The minimum absolute atomic E-state index is 0.331. The van der Waals surface area contributed by atoms with Crippen LogP contribution in [0.5, 0.6) is 0 Å². The average Bonchev–Trinajstić information content (AvgIpc) is 2.48. The van der Waals surface area contributed by atoms with Gasteiger partial charge in [-0.05, 0) is 43.8 Å². The molecular weight excluding hydrogens is 268 g/mol. The smallest absolute Gasteiger partial charge is 0.193 e. The minimum atomic E-state index is 0.331. The molecule has 20 heavy (non-hydrogen) atoms. The maximum Gasteiger partial charge on any atom is 0.193 e. The lowest BCUT2D eigenvalue weighted by molar-refractivity contribution is 0.643. The number of hydrogen-bond donors (Lipinski definition) is 1. The van der Waals surface area contributed by atoms with E-state index >= 15 is 0 Å². The number of nitrogens with one attached hydrogen (secondary N) is 1. The maximum atomic E-state index is 5.19. The zero-order valence-electron chi connectivity index (χ0n) is 11.7. The van der Waals surface area contributed by atoms with Crippen LogP contribution in [0.3, 0.4) is 0 Å². The molecule has 0 radical (unpaired) electrons. The summed E-state index contributed by atoms with van der Waals surface area (Å²) >= 11 is 5.19. The number of thiocarbonyl (C=S) groups is 1. The molecule has 0 saturated carbocycles.